The number of rotatable bonds is 4. The van der Waals surface area contributed by atoms with E-state index >= 15 is 0 Å². The van der Waals surface area contributed by atoms with Gasteiger partial charge in [0.2, 0.25) is 0 Å². The zero-order valence-electron chi connectivity index (χ0n) is 13.4. The lowest BCUT2D eigenvalue weighted by Gasteiger charge is -2.11. The molecule has 3 N–H and O–H groups in total. The molecule has 0 spiro atoms. The number of aromatic nitrogens is 1. The molecule has 2 aromatic carbocycles. The van der Waals surface area contributed by atoms with Crippen LogP contribution >= 0.6 is 15.9 Å². The third kappa shape index (κ3) is 4.07. The molecular formula is C19H14BrN3O3. The standard InChI is InChI=1S/C19H14BrN3O3/c20-14-4-3-11-21-17(14)12-7-9-13(10-8-12)18(24)22-15-5-1-2-6-16(15)23-19(25)26/h1-11,23H,(H,22,24)(H,25,26). The van der Waals surface area contributed by atoms with Gasteiger partial charge in [0.1, 0.15) is 0 Å². The molecule has 0 aliphatic rings. The van der Waals surface area contributed by atoms with E-state index in [1.807, 2.05) is 24.3 Å². The van der Waals surface area contributed by atoms with Crippen LogP contribution in [0.1, 0.15) is 10.4 Å². The molecule has 0 aliphatic carbocycles. The second-order valence-electron chi connectivity index (χ2n) is 5.34. The van der Waals surface area contributed by atoms with Crippen molar-refractivity contribution in [3.63, 3.8) is 0 Å². The molecule has 2 amide bonds. The average molecular weight is 412 g/mol. The number of para-hydroxylation sites is 2. The highest BCUT2D eigenvalue weighted by molar-refractivity contribution is 9.10. The van der Waals surface area contributed by atoms with Crippen molar-refractivity contribution in [2.75, 3.05) is 10.6 Å². The third-order valence-corrected chi connectivity index (χ3v) is 4.24. The summed E-state index contributed by atoms with van der Waals surface area (Å²) in [6.45, 7) is 0. The SMILES string of the molecule is O=C(O)Nc1ccccc1NC(=O)c1ccc(-c2ncccc2Br)cc1. The topological polar surface area (TPSA) is 91.3 Å². The van der Waals surface area contributed by atoms with Gasteiger partial charge in [-0.1, -0.05) is 24.3 Å². The van der Waals surface area contributed by atoms with E-state index in [1.165, 1.54) is 0 Å². The Morgan fingerprint density at radius 1 is 0.885 bits per heavy atom. The van der Waals surface area contributed by atoms with E-state index in [-0.39, 0.29) is 5.91 Å². The van der Waals surface area contributed by atoms with E-state index in [2.05, 4.69) is 31.5 Å². The lowest BCUT2D eigenvalue weighted by Crippen LogP contribution is -2.15. The largest absolute Gasteiger partial charge is 0.465 e. The Morgan fingerprint density at radius 2 is 1.54 bits per heavy atom. The molecule has 0 atom stereocenters. The van der Waals surface area contributed by atoms with Crippen molar-refractivity contribution in [1.82, 2.24) is 4.98 Å². The highest BCUT2D eigenvalue weighted by Crippen LogP contribution is 2.26. The van der Waals surface area contributed by atoms with Gasteiger partial charge in [0.15, 0.2) is 0 Å². The fourth-order valence-corrected chi connectivity index (χ4v) is 2.87. The number of nitrogens with one attached hydrogen (secondary N) is 2. The molecule has 6 nitrogen and oxygen atoms in total. The minimum absolute atomic E-state index is 0.308. The number of pyridine rings is 1. The molecule has 1 aromatic heterocycles. The van der Waals surface area contributed by atoms with Crippen LogP contribution in [0.2, 0.25) is 0 Å². The molecule has 0 saturated heterocycles. The smallest absolute Gasteiger partial charge is 0.409 e. The Kier molecular flexibility index (Phi) is 5.28. The number of carbonyl (C=O) groups is 2. The van der Waals surface area contributed by atoms with Crippen molar-refractivity contribution < 1.29 is 14.7 Å². The summed E-state index contributed by atoms with van der Waals surface area (Å²) in [7, 11) is 0. The summed E-state index contributed by atoms with van der Waals surface area (Å²) in [5, 5.41) is 13.8. The zero-order chi connectivity index (χ0) is 18.5. The van der Waals surface area contributed by atoms with Gasteiger partial charge in [-0.15, -0.1) is 0 Å². The van der Waals surface area contributed by atoms with Crippen LogP contribution in [0.25, 0.3) is 11.3 Å². The maximum atomic E-state index is 12.5. The van der Waals surface area contributed by atoms with Crippen molar-refractivity contribution in [2.45, 2.75) is 0 Å². The second-order valence-corrected chi connectivity index (χ2v) is 6.20. The molecule has 0 aliphatic heterocycles. The van der Waals surface area contributed by atoms with Gasteiger partial charge < -0.3 is 10.4 Å². The Balaban J connectivity index is 1.79. The number of nitrogens with zero attached hydrogens (tertiary/aromatic N) is 1. The maximum Gasteiger partial charge on any atom is 0.409 e. The van der Waals surface area contributed by atoms with Gasteiger partial charge in [-0.05, 0) is 52.3 Å². The predicted octanol–water partition coefficient (Wildman–Crippen LogP) is 4.85. The Labute approximate surface area is 158 Å². The summed E-state index contributed by atoms with van der Waals surface area (Å²) in [4.78, 5) is 27.6. The number of anilines is 2. The van der Waals surface area contributed by atoms with Crippen LogP contribution in [0.5, 0.6) is 0 Å². The van der Waals surface area contributed by atoms with E-state index in [9.17, 15) is 9.59 Å². The number of benzene rings is 2. The molecule has 1 heterocycles. The molecule has 0 saturated carbocycles. The highest BCUT2D eigenvalue weighted by atomic mass is 79.9. The lowest BCUT2D eigenvalue weighted by atomic mass is 10.1. The Hall–Kier alpha value is -3.19. The lowest BCUT2D eigenvalue weighted by molar-refractivity contribution is 0.102. The molecule has 7 heteroatoms. The summed E-state index contributed by atoms with van der Waals surface area (Å²) in [6, 6.07) is 17.3. The molecule has 0 radical (unpaired) electrons. The van der Waals surface area contributed by atoms with Crippen LogP contribution in [-0.2, 0) is 0 Å². The summed E-state index contributed by atoms with van der Waals surface area (Å²) in [5.74, 6) is -0.337. The van der Waals surface area contributed by atoms with Crippen molar-refractivity contribution in [1.29, 1.82) is 0 Å². The first-order chi connectivity index (χ1) is 12.5. The number of carboxylic acid groups (broad SMARTS) is 1. The fourth-order valence-electron chi connectivity index (χ4n) is 2.39. The minimum atomic E-state index is -1.20. The third-order valence-electron chi connectivity index (χ3n) is 3.60. The average Bonchev–Trinajstić information content (AvgIpc) is 2.63. The Bertz CT molecular complexity index is 958. The van der Waals surface area contributed by atoms with Gasteiger partial charge in [0.05, 0.1) is 17.1 Å². The summed E-state index contributed by atoms with van der Waals surface area (Å²) in [5.41, 5.74) is 2.81. The van der Waals surface area contributed by atoms with Gasteiger partial charge in [0.25, 0.3) is 5.91 Å². The summed E-state index contributed by atoms with van der Waals surface area (Å²) in [6.07, 6.45) is 0.504. The minimum Gasteiger partial charge on any atom is -0.465 e. The van der Waals surface area contributed by atoms with Gasteiger partial charge >= 0.3 is 6.09 Å². The van der Waals surface area contributed by atoms with Crippen molar-refractivity contribution >= 4 is 39.3 Å². The van der Waals surface area contributed by atoms with E-state index in [0.717, 1.165) is 15.7 Å². The van der Waals surface area contributed by atoms with Gasteiger partial charge in [-0.2, -0.15) is 0 Å². The maximum absolute atomic E-state index is 12.5. The van der Waals surface area contributed by atoms with Crippen LogP contribution < -0.4 is 10.6 Å². The highest BCUT2D eigenvalue weighted by Gasteiger charge is 2.11. The number of halogens is 1. The number of carbonyl (C=O) groups excluding carboxylic acids is 1. The van der Waals surface area contributed by atoms with Gasteiger partial charge in [-0.25, -0.2) is 4.79 Å². The molecule has 3 rings (SSSR count). The predicted molar refractivity (Wildman–Crippen MR) is 103 cm³/mol. The van der Waals surface area contributed by atoms with Crippen LogP contribution in [0, 0.1) is 0 Å². The first-order valence-electron chi connectivity index (χ1n) is 7.66. The van der Waals surface area contributed by atoms with Crippen LogP contribution in [0.3, 0.4) is 0 Å². The first-order valence-corrected chi connectivity index (χ1v) is 8.45. The molecule has 26 heavy (non-hydrogen) atoms. The molecule has 0 bridgehead atoms. The molecular weight excluding hydrogens is 398 g/mol. The van der Waals surface area contributed by atoms with Crippen LogP contribution in [0.15, 0.2) is 71.3 Å². The zero-order valence-corrected chi connectivity index (χ0v) is 15.0. The number of hydrogen-bond acceptors (Lipinski definition) is 3. The quantitative estimate of drug-likeness (QED) is 0.571. The van der Waals surface area contributed by atoms with E-state index < -0.39 is 6.09 Å². The van der Waals surface area contributed by atoms with Crippen molar-refractivity contribution in [3.05, 3.63) is 76.9 Å². The molecule has 130 valence electrons. The number of amides is 2. The van der Waals surface area contributed by atoms with Crippen molar-refractivity contribution in [3.8, 4) is 11.3 Å². The van der Waals surface area contributed by atoms with E-state index in [1.54, 1.807) is 42.6 Å². The second kappa shape index (κ2) is 7.79. The molecule has 0 fully saturated rings. The fraction of sp³-hybridized carbons (Fsp3) is 0. The number of hydrogen-bond donors (Lipinski definition) is 3. The van der Waals surface area contributed by atoms with Gasteiger partial charge in [0, 0.05) is 21.8 Å². The first kappa shape index (κ1) is 17.6. The Morgan fingerprint density at radius 3 is 2.15 bits per heavy atom. The summed E-state index contributed by atoms with van der Waals surface area (Å²) >= 11 is 3.46. The molecule has 3 aromatic rings. The monoisotopic (exact) mass is 411 g/mol. The summed E-state index contributed by atoms with van der Waals surface area (Å²) < 4.78 is 0.867. The van der Waals surface area contributed by atoms with Gasteiger partial charge in [-0.3, -0.25) is 15.1 Å². The van der Waals surface area contributed by atoms with E-state index in [4.69, 9.17) is 5.11 Å². The van der Waals surface area contributed by atoms with Crippen LogP contribution in [-0.4, -0.2) is 22.1 Å². The van der Waals surface area contributed by atoms with Crippen LogP contribution in [0.4, 0.5) is 16.2 Å². The normalized spacial score (nSPS) is 10.2. The van der Waals surface area contributed by atoms with Crippen molar-refractivity contribution in [2.24, 2.45) is 0 Å². The van der Waals surface area contributed by atoms with E-state index in [0.29, 0.717) is 16.9 Å². The molecule has 0 unspecified atom stereocenters.